The average Bonchev–Trinajstić information content (AvgIpc) is 3.06. The van der Waals surface area contributed by atoms with Crippen molar-refractivity contribution in [3.05, 3.63) is 34.1 Å². The standard InChI is InChI=1S/C16H21BrFN3O3/c17-13-5-3-4-12(15(13)18)16(22)21-11-19-10-20(21)7-9-24-14-6-1-2-8-23-14/h3-5,11,14,16,22H,1-2,6-10H2. The number of ether oxygens (including phenoxy) is 2. The maximum absolute atomic E-state index is 14.2. The van der Waals surface area contributed by atoms with E-state index in [1.165, 1.54) is 11.3 Å². The van der Waals surface area contributed by atoms with Crippen LogP contribution in [0.1, 0.15) is 31.1 Å². The highest BCUT2D eigenvalue weighted by Crippen LogP contribution is 2.27. The van der Waals surface area contributed by atoms with Crippen LogP contribution in [-0.4, -0.2) is 54.2 Å². The molecule has 132 valence electrons. The fourth-order valence-corrected chi connectivity index (χ4v) is 3.14. The Morgan fingerprint density at radius 3 is 3.12 bits per heavy atom. The Hall–Kier alpha value is -1.06. The van der Waals surface area contributed by atoms with Gasteiger partial charge < -0.3 is 14.6 Å². The predicted molar refractivity (Wildman–Crippen MR) is 90.5 cm³/mol. The summed E-state index contributed by atoms with van der Waals surface area (Å²) in [5.41, 5.74) is 0.194. The van der Waals surface area contributed by atoms with Crippen LogP contribution in [0.3, 0.4) is 0 Å². The lowest BCUT2D eigenvalue weighted by atomic mass is 10.2. The van der Waals surface area contributed by atoms with E-state index in [9.17, 15) is 9.50 Å². The zero-order chi connectivity index (χ0) is 16.9. The third-order valence-electron chi connectivity index (χ3n) is 4.07. The SMILES string of the molecule is OC(c1cccc(Br)c1F)N1C=NCN1CCOC1CCCCO1. The zero-order valence-electron chi connectivity index (χ0n) is 13.3. The number of hydrazine groups is 1. The Labute approximate surface area is 149 Å². The van der Waals surface area contributed by atoms with Gasteiger partial charge in [-0.05, 0) is 41.3 Å². The van der Waals surface area contributed by atoms with E-state index in [0.29, 0.717) is 24.3 Å². The maximum Gasteiger partial charge on any atom is 0.171 e. The second-order valence-corrected chi connectivity index (χ2v) is 6.59. The van der Waals surface area contributed by atoms with Crippen LogP contribution in [0.4, 0.5) is 4.39 Å². The van der Waals surface area contributed by atoms with Gasteiger partial charge in [0.25, 0.3) is 0 Å². The van der Waals surface area contributed by atoms with Gasteiger partial charge in [0.15, 0.2) is 12.5 Å². The van der Waals surface area contributed by atoms with Crippen molar-refractivity contribution in [2.24, 2.45) is 4.99 Å². The first kappa shape index (κ1) is 17.8. The van der Waals surface area contributed by atoms with E-state index in [1.807, 2.05) is 5.01 Å². The number of hydrogen-bond acceptors (Lipinski definition) is 6. The molecule has 0 amide bonds. The molecule has 1 aromatic carbocycles. The molecule has 0 radical (unpaired) electrons. The van der Waals surface area contributed by atoms with E-state index in [0.717, 1.165) is 25.9 Å². The Morgan fingerprint density at radius 2 is 2.33 bits per heavy atom. The van der Waals surface area contributed by atoms with Gasteiger partial charge in [0.05, 0.1) is 11.1 Å². The number of rotatable bonds is 6. The van der Waals surface area contributed by atoms with Crippen molar-refractivity contribution in [2.75, 3.05) is 26.4 Å². The van der Waals surface area contributed by atoms with Gasteiger partial charge in [0.2, 0.25) is 0 Å². The number of nitrogens with zero attached hydrogens (tertiary/aromatic N) is 3. The van der Waals surface area contributed by atoms with Crippen LogP contribution in [0, 0.1) is 5.82 Å². The van der Waals surface area contributed by atoms with Crippen molar-refractivity contribution in [2.45, 2.75) is 31.8 Å². The summed E-state index contributed by atoms with van der Waals surface area (Å²) >= 11 is 3.14. The lowest BCUT2D eigenvalue weighted by Crippen LogP contribution is -2.42. The largest absolute Gasteiger partial charge is 0.368 e. The molecule has 3 rings (SSSR count). The van der Waals surface area contributed by atoms with Gasteiger partial charge >= 0.3 is 0 Å². The fraction of sp³-hybridized carbons (Fsp3) is 0.562. The molecule has 1 saturated heterocycles. The highest BCUT2D eigenvalue weighted by molar-refractivity contribution is 9.10. The molecule has 1 fully saturated rings. The molecule has 2 heterocycles. The molecule has 0 aliphatic carbocycles. The molecule has 2 atom stereocenters. The third kappa shape index (κ3) is 4.12. The summed E-state index contributed by atoms with van der Waals surface area (Å²) < 4.78 is 25.7. The molecule has 0 spiro atoms. The number of aliphatic hydroxyl groups is 1. The Kier molecular flexibility index (Phi) is 6.18. The third-order valence-corrected chi connectivity index (χ3v) is 4.69. The molecule has 2 unspecified atom stereocenters. The summed E-state index contributed by atoms with van der Waals surface area (Å²) in [7, 11) is 0. The average molecular weight is 402 g/mol. The molecule has 2 aliphatic heterocycles. The van der Waals surface area contributed by atoms with Crippen LogP contribution in [0.15, 0.2) is 27.7 Å². The van der Waals surface area contributed by atoms with Gasteiger partial charge in [0, 0.05) is 18.7 Å². The molecule has 0 aromatic heterocycles. The molecule has 8 heteroatoms. The number of aliphatic imine (C=N–C) groups is 1. The molecule has 1 N–H and O–H groups in total. The Morgan fingerprint density at radius 1 is 1.46 bits per heavy atom. The van der Waals surface area contributed by atoms with E-state index in [-0.39, 0.29) is 11.9 Å². The van der Waals surface area contributed by atoms with Gasteiger partial charge in [0.1, 0.15) is 18.8 Å². The minimum Gasteiger partial charge on any atom is -0.368 e. The minimum atomic E-state index is -1.14. The smallest absolute Gasteiger partial charge is 0.171 e. The summed E-state index contributed by atoms with van der Waals surface area (Å²) in [4.78, 5) is 4.16. The summed E-state index contributed by atoms with van der Waals surface area (Å²) in [5.74, 6) is -0.475. The normalized spacial score (nSPS) is 23.0. The van der Waals surface area contributed by atoms with Gasteiger partial charge in [-0.1, -0.05) is 12.1 Å². The van der Waals surface area contributed by atoms with Crippen molar-refractivity contribution in [1.29, 1.82) is 0 Å². The van der Waals surface area contributed by atoms with Crippen LogP contribution in [0.2, 0.25) is 0 Å². The van der Waals surface area contributed by atoms with Crippen LogP contribution in [0.5, 0.6) is 0 Å². The second-order valence-electron chi connectivity index (χ2n) is 5.73. The summed E-state index contributed by atoms with van der Waals surface area (Å²) in [6.07, 6.45) is 3.33. The van der Waals surface area contributed by atoms with Crippen LogP contribution >= 0.6 is 15.9 Å². The minimum absolute atomic E-state index is 0.150. The number of hydrogen-bond donors (Lipinski definition) is 1. The second kappa shape index (κ2) is 8.35. The van der Waals surface area contributed by atoms with Gasteiger partial charge in [-0.3, -0.25) is 10.0 Å². The maximum atomic E-state index is 14.2. The van der Waals surface area contributed by atoms with Crippen molar-refractivity contribution in [3.63, 3.8) is 0 Å². The zero-order valence-corrected chi connectivity index (χ0v) is 14.9. The number of aliphatic hydroxyl groups excluding tert-OH is 1. The highest BCUT2D eigenvalue weighted by Gasteiger charge is 2.28. The van der Waals surface area contributed by atoms with Gasteiger partial charge in [-0.25, -0.2) is 4.39 Å². The first-order valence-electron chi connectivity index (χ1n) is 8.05. The van der Waals surface area contributed by atoms with Crippen LogP contribution in [-0.2, 0) is 9.47 Å². The highest BCUT2D eigenvalue weighted by atomic mass is 79.9. The van der Waals surface area contributed by atoms with E-state index in [2.05, 4.69) is 20.9 Å². The fourth-order valence-electron chi connectivity index (χ4n) is 2.76. The van der Waals surface area contributed by atoms with E-state index >= 15 is 0 Å². The predicted octanol–water partition coefficient (Wildman–Crippen LogP) is 2.64. The van der Waals surface area contributed by atoms with Crippen molar-refractivity contribution < 1.29 is 19.0 Å². The van der Waals surface area contributed by atoms with Crippen LogP contribution < -0.4 is 0 Å². The van der Waals surface area contributed by atoms with E-state index < -0.39 is 12.0 Å². The molecular weight excluding hydrogens is 381 g/mol. The topological polar surface area (TPSA) is 57.5 Å². The summed E-state index contributed by atoms with van der Waals surface area (Å²) in [5, 5.41) is 13.8. The molecule has 2 aliphatic rings. The van der Waals surface area contributed by atoms with Gasteiger partial charge in [-0.15, -0.1) is 0 Å². The first-order chi connectivity index (χ1) is 11.7. The molecule has 6 nitrogen and oxygen atoms in total. The Bertz CT molecular complexity index is 584. The number of benzene rings is 1. The first-order valence-corrected chi connectivity index (χ1v) is 8.84. The van der Waals surface area contributed by atoms with Crippen LogP contribution in [0.25, 0.3) is 0 Å². The molecule has 0 saturated carbocycles. The summed E-state index contributed by atoms with van der Waals surface area (Å²) in [6, 6.07) is 4.84. The molecule has 24 heavy (non-hydrogen) atoms. The molecule has 1 aromatic rings. The monoisotopic (exact) mass is 401 g/mol. The van der Waals surface area contributed by atoms with E-state index in [4.69, 9.17) is 9.47 Å². The van der Waals surface area contributed by atoms with E-state index in [1.54, 1.807) is 18.2 Å². The van der Waals surface area contributed by atoms with Gasteiger partial charge in [-0.2, -0.15) is 5.01 Å². The Balaban J connectivity index is 1.56. The molecule has 0 bridgehead atoms. The lowest BCUT2D eigenvalue weighted by Gasteiger charge is -2.32. The van der Waals surface area contributed by atoms with Crippen molar-refractivity contribution >= 4 is 22.3 Å². The summed E-state index contributed by atoms with van der Waals surface area (Å²) in [6.45, 7) is 2.14. The quantitative estimate of drug-likeness (QED) is 0.793. The van der Waals surface area contributed by atoms with Crippen molar-refractivity contribution in [1.82, 2.24) is 10.0 Å². The number of halogens is 2. The lowest BCUT2D eigenvalue weighted by molar-refractivity contribution is -0.171. The molecular formula is C16H21BrFN3O3. The van der Waals surface area contributed by atoms with Crippen molar-refractivity contribution in [3.8, 4) is 0 Å².